The number of nitrogens with one attached hydrogen (secondary N) is 2. The van der Waals surface area contributed by atoms with Crippen molar-refractivity contribution in [2.45, 2.75) is 13.5 Å². The molecule has 4 nitrogen and oxygen atoms in total. The molecule has 0 amide bonds. The van der Waals surface area contributed by atoms with E-state index in [4.69, 9.17) is 21.5 Å². The van der Waals surface area contributed by atoms with Crippen molar-refractivity contribution in [1.82, 2.24) is 10.5 Å². The van der Waals surface area contributed by atoms with Gasteiger partial charge in [-0.25, -0.2) is 0 Å². The minimum atomic E-state index is 0.188. The third-order valence-electron chi connectivity index (χ3n) is 2.49. The molecular formula is C12H11BrClN3O. The maximum atomic E-state index is 7.82. The van der Waals surface area contributed by atoms with Crippen molar-refractivity contribution in [1.29, 1.82) is 5.41 Å². The Hall–Kier alpha value is -1.33. The molecule has 94 valence electrons. The van der Waals surface area contributed by atoms with Crippen LogP contribution in [0.2, 0.25) is 5.02 Å². The van der Waals surface area contributed by atoms with Crippen molar-refractivity contribution in [3.63, 3.8) is 0 Å². The fraction of sp³-hybridized carbons (Fsp3) is 0.167. The topological polar surface area (TPSA) is 61.9 Å². The summed E-state index contributed by atoms with van der Waals surface area (Å²) in [5.74, 6) is 0.578. The van der Waals surface area contributed by atoms with E-state index in [9.17, 15) is 0 Å². The summed E-state index contributed by atoms with van der Waals surface area (Å²) in [5.41, 5.74) is 2.17. The molecule has 0 radical (unpaired) electrons. The molecule has 0 aliphatic carbocycles. The fourth-order valence-corrected chi connectivity index (χ4v) is 1.95. The van der Waals surface area contributed by atoms with Crippen LogP contribution in [-0.2, 0) is 6.54 Å². The molecule has 0 atom stereocenters. The second-order valence-corrected chi connectivity index (χ2v) is 5.06. The standard InChI is InChI=1S/C12H11BrClN3O/c1-7-2-3-9(14)4-8(7)6-16-12(15)10-5-11(13)17-18-10/h2-5H,6H2,1H3,(H2,15,16). The molecule has 0 unspecified atom stereocenters. The summed E-state index contributed by atoms with van der Waals surface area (Å²) in [6.45, 7) is 2.52. The molecule has 1 aromatic carbocycles. The Morgan fingerprint density at radius 2 is 2.28 bits per heavy atom. The number of aryl methyl sites for hydroxylation is 1. The molecule has 0 saturated heterocycles. The summed E-state index contributed by atoms with van der Waals surface area (Å²) in [6.07, 6.45) is 0. The van der Waals surface area contributed by atoms with E-state index in [0.29, 0.717) is 21.9 Å². The van der Waals surface area contributed by atoms with E-state index in [-0.39, 0.29) is 5.84 Å². The van der Waals surface area contributed by atoms with Gasteiger partial charge in [-0.05, 0) is 46.1 Å². The Morgan fingerprint density at radius 3 is 2.94 bits per heavy atom. The number of halogens is 2. The zero-order valence-electron chi connectivity index (χ0n) is 9.63. The second kappa shape index (κ2) is 5.54. The number of amidine groups is 1. The Labute approximate surface area is 118 Å². The highest BCUT2D eigenvalue weighted by Gasteiger charge is 2.08. The molecule has 0 spiro atoms. The zero-order chi connectivity index (χ0) is 13.1. The van der Waals surface area contributed by atoms with Gasteiger partial charge in [0.2, 0.25) is 5.76 Å². The highest BCUT2D eigenvalue weighted by atomic mass is 79.9. The number of hydrogen-bond donors (Lipinski definition) is 2. The molecule has 1 aromatic heterocycles. The Morgan fingerprint density at radius 1 is 1.50 bits per heavy atom. The molecule has 18 heavy (non-hydrogen) atoms. The van der Waals surface area contributed by atoms with Crippen LogP contribution in [0, 0.1) is 12.3 Å². The minimum absolute atomic E-state index is 0.188. The minimum Gasteiger partial charge on any atom is -0.363 e. The third-order valence-corrected chi connectivity index (χ3v) is 3.10. The average Bonchev–Trinajstić information content (AvgIpc) is 2.77. The van der Waals surface area contributed by atoms with Crippen LogP contribution in [0.15, 0.2) is 33.4 Å². The van der Waals surface area contributed by atoms with Crippen LogP contribution in [0.1, 0.15) is 16.9 Å². The van der Waals surface area contributed by atoms with Crippen LogP contribution in [0.5, 0.6) is 0 Å². The molecule has 2 aromatic rings. The molecule has 6 heteroatoms. The molecule has 0 fully saturated rings. The Balaban J connectivity index is 2.03. The van der Waals surface area contributed by atoms with Crippen molar-refractivity contribution >= 4 is 33.4 Å². The SMILES string of the molecule is Cc1ccc(Cl)cc1CNC(=N)c1cc(Br)no1. The molecule has 0 saturated carbocycles. The second-order valence-electron chi connectivity index (χ2n) is 3.81. The van der Waals surface area contributed by atoms with Crippen LogP contribution >= 0.6 is 27.5 Å². The molecule has 0 aliphatic rings. The maximum Gasteiger partial charge on any atom is 0.202 e. The fourth-order valence-electron chi connectivity index (χ4n) is 1.47. The van der Waals surface area contributed by atoms with Crippen molar-refractivity contribution in [3.8, 4) is 0 Å². The first-order valence-corrected chi connectivity index (χ1v) is 6.43. The van der Waals surface area contributed by atoms with E-state index in [1.54, 1.807) is 6.07 Å². The highest BCUT2D eigenvalue weighted by Crippen LogP contribution is 2.15. The van der Waals surface area contributed by atoms with Gasteiger partial charge in [-0.3, -0.25) is 5.41 Å². The lowest BCUT2D eigenvalue weighted by Crippen LogP contribution is -2.22. The summed E-state index contributed by atoms with van der Waals surface area (Å²) in [6, 6.07) is 7.32. The first-order chi connectivity index (χ1) is 8.56. The van der Waals surface area contributed by atoms with Gasteiger partial charge >= 0.3 is 0 Å². The Kier molecular flexibility index (Phi) is 4.04. The summed E-state index contributed by atoms with van der Waals surface area (Å²) in [7, 11) is 0. The number of hydrogen-bond acceptors (Lipinski definition) is 3. The lowest BCUT2D eigenvalue weighted by atomic mass is 10.1. The predicted octanol–water partition coefficient (Wildman–Crippen LogP) is 3.51. The van der Waals surface area contributed by atoms with Gasteiger partial charge in [-0.1, -0.05) is 22.8 Å². The van der Waals surface area contributed by atoms with Gasteiger partial charge in [0.05, 0.1) is 0 Å². The van der Waals surface area contributed by atoms with Gasteiger partial charge in [0.25, 0.3) is 0 Å². The van der Waals surface area contributed by atoms with Crippen LogP contribution < -0.4 is 5.32 Å². The third kappa shape index (κ3) is 3.11. The van der Waals surface area contributed by atoms with Crippen molar-refractivity contribution in [2.75, 3.05) is 0 Å². The molecular weight excluding hydrogens is 318 g/mol. The van der Waals surface area contributed by atoms with Gasteiger partial charge in [0.1, 0.15) is 4.60 Å². The van der Waals surface area contributed by atoms with Gasteiger partial charge in [0.15, 0.2) is 5.84 Å². The van der Waals surface area contributed by atoms with Crippen LogP contribution in [0.3, 0.4) is 0 Å². The predicted molar refractivity (Wildman–Crippen MR) is 74.1 cm³/mol. The van der Waals surface area contributed by atoms with Gasteiger partial charge < -0.3 is 9.84 Å². The summed E-state index contributed by atoms with van der Waals surface area (Å²) < 4.78 is 5.53. The van der Waals surface area contributed by atoms with Gasteiger partial charge in [-0.2, -0.15) is 0 Å². The highest BCUT2D eigenvalue weighted by molar-refractivity contribution is 9.10. The van der Waals surface area contributed by atoms with Crippen molar-refractivity contribution < 1.29 is 4.52 Å². The molecule has 1 heterocycles. The largest absolute Gasteiger partial charge is 0.363 e. The molecule has 2 N–H and O–H groups in total. The molecule has 0 bridgehead atoms. The van der Waals surface area contributed by atoms with E-state index in [1.165, 1.54) is 0 Å². The van der Waals surface area contributed by atoms with Crippen molar-refractivity contribution in [3.05, 3.63) is 50.8 Å². The van der Waals surface area contributed by atoms with E-state index in [0.717, 1.165) is 11.1 Å². The first-order valence-electron chi connectivity index (χ1n) is 5.26. The van der Waals surface area contributed by atoms with Gasteiger partial charge in [0, 0.05) is 17.6 Å². The smallest absolute Gasteiger partial charge is 0.202 e. The number of benzene rings is 1. The van der Waals surface area contributed by atoms with E-state index in [2.05, 4.69) is 26.4 Å². The maximum absolute atomic E-state index is 7.82. The summed E-state index contributed by atoms with van der Waals surface area (Å²) in [5, 5.41) is 15.1. The van der Waals surface area contributed by atoms with E-state index in [1.807, 2.05) is 25.1 Å². The zero-order valence-corrected chi connectivity index (χ0v) is 12.0. The first kappa shape index (κ1) is 13.1. The summed E-state index contributed by atoms with van der Waals surface area (Å²) in [4.78, 5) is 0. The number of aromatic nitrogens is 1. The summed E-state index contributed by atoms with van der Waals surface area (Å²) >= 11 is 9.11. The van der Waals surface area contributed by atoms with E-state index < -0.39 is 0 Å². The molecule has 0 aliphatic heterocycles. The number of rotatable bonds is 3. The quantitative estimate of drug-likeness (QED) is 0.669. The lowest BCUT2D eigenvalue weighted by Gasteiger charge is -2.08. The van der Waals surface area contributed by atoms with E-state index >= 15 is 0 Å². The molecule has 2 rings (SSSR count). The average molecular weight is 329 g/mol. The van der Waals surface area contributed by atoms with Crippen LogP contribution in [0.25, 0.3) is 0 Å². The van der Waals surface area contributed by atoms with Crippen LogP contribution in [0.4, 0.5) is 0 Å². The lowest BCUT2D eigenvalue weighted by molar-refractivity contribution is 0.407. The van der Waals surface area contributed by atoms with Crippen LogP contribution in [-0.4, -0.2) is 11.0 Å². The monoisotopic (exact) mass is 327 g/mol. The van der Waals surface area contributed by atoms with Gasteiger partial charge in [-0.15, -0.1) is 0 Å². The normalized spacial score (nSPS) is 10.4. The number of nitrogens with zero attached hydrogens (tertiary/aromatic N) is 1. The van der Waals surface area contributed by atoms with Crippen molar-refractivity contribution in [2.24, 2.45) is 0 Å². The Bertz CT molecular complexity index is 582.